The Morgan fingerprint density at radius 2 is 2.11 bits per heavy atom. The van der Waals surface area contributed by atoms with Crippen molar-refractivity contribution in [2.75, 3.05) is 5.73 Å². The van der Waals surface area contributed by atoms with Gasteiger partial charge in [-0.25, -0.2) is 21.9 Å². The van der Waals surface area contributed by atoms with E-state index in [1.807, 2.05) is 0 Å². The summed E-state index contributed by atoms with van der Waals surface area (Å²) in [7, 11) is -3.90. The normalized spacial score (nSPS) is 11.7. The molecule has 0 spiro atoms. The summed E-state index contributed by atoms with van der Waals surface area (Å²) in [5.74, 6) is -1.68. The molecular formula is C10H10F2N4O2S. The number of hydrogen-bond donors (Lipinski definition) is 3. The molecule has 0 aliphatic rings. The number of anilines is 1. The van der Waals surface area contributed by atoms with Crippen molar-refractivity contribution in [1.82, 2.24) is 14.9 Å². The third-order valence-corrected chi connectivity index (χ3v) is 3.82. The van der Waals surface area contributed by atoms with Crippen LogP contribution in [0.15, 0.2) is 29.3 Å². The molecule has 1 aromatic heterocycles. The second-order valence-electron chi connectivity index (χ2n) is 3.71. The summed E-state index contributed by atoms with van der Waals surface area (Å²) in [4.78, 5) is -0.227. The van der Waals surface area contributed by atoms with Gasteiger partial charge < -0.3 is 5.73 Å². The Morgan fingerprint density at radius 3 is 2.68 bits per heavy atom. The highest BCUT2D eigenvalue weighted by Crippen LogP contribution is 2.15. The molecule has 0 fully saturated rings. The molecular weight excluding hydrogens is 278 g/mol. The van der Waals surface area contributed by atoms with Crippen LogP contribution in [0.2, 0.25) is 0 Å². The van der Waals surface area contributed by atoms with Crippen LogP contribution in [0, 0.1) is 11.6 Å². The zero-order valence-corrected chi connectivity index (χ0v) is 10.3. The van der Waals surface area contributed by atoms with Gasteiger partial charge in [0, 0.05) is 18.2 Å². The van der Waals surface area contributed by atoms with Gasteiger partial charge in [0.2, 0.25) is 10.0 Å². The number of nitrogens with one attached hydrogen (secondary N) is 2. The van der Waals surface area contributed by atoms with Crippen LogP contribution in [-0.2, 0) is 16.6 Å². The molecule has 0 saturated carbocycles. The number of rotatable bonds is 4. The number of nitrogens with two attached hydrogens (primary N) is 1. The molecule has 2 rings (SSSR count). The number of nitrogen functional groups attached to an aromatic ring is 1. The number of aromatic nitrogens is 2. The first-order valence-corrected chi connectivity index (χ1v) is 6.61. The van der Waals surface area contributed by atoms with Crippen molar-refractivity contribution in [3.05, 3.63) is 41.6 Å². The molecule has 0 radical (unpaired) electrons. The molecule has 19 heavy (non-hydrogen) atoms. The van der Waals surface area contributed by atoms with Gasteiger partial charge >= 0.3 is 0 Å². The van der Waals surface area contributed by atoms with E-state index in [1.165, 1.54) is 0 Å². The molecule has 0 bridgehead atoms. The summed E-state index contributed by atoms with van der Waals surface area (Å²) in [5, 5.41) is 5.76. The number of halogens is 2. The maximum absolute atomic E-state index is 13.3. The Morgan fingerprint density at radius 1 is 1.37 bits per heavy atom. The summed E-state index contributed by atoms with van der Waals surface area (Å²) >= 11 is 0. The number of aromatic amines is 1. The average molecular weight is 288 g/mol. The predicted molar refractivity (Wildman–Crippen MR) is 63.4 cm³/mol. The van der Waals surface area contributed by atoms with Crippen LogP contribution in [-0.4, -0.2) is 18.6 Å². The van der Waals surface area contributed by atoms with Crippen LogP contribution in [0.3, 0.4) is 0 Å². The minimum Gasteiger partial charge on any atom is -0.383 e. The second-order valence-corrected chi connectivity index (χ2v) is 5.44. The average Bonchev–Trinajstić information content (AvgIpc) is 2.75. The third-order valence-electron chi connectivity index (χ3n) is 2.39. The van der Waals surface area contributed by atoms with Gasteiger partial charge in [-0.05, 0) is 6.07 Å². The minimum absolute atomic E-state index is 0.0204. The highest BCUT2D eigenvalue weighted by molar-refractivity contribution is 7.89. The Kier molecular flexibility index (Phi) is 3.49. The second kappa shape index (κ2) is 4.94. The first kappa shape index (κ1) is 13.4. The van der Waals surface area contributed by atoms with Gasteiger partial charge in [-0.1, -0.05) is 6.07 Å². The van der Waals surface area contributed by atoms with Crippen LogP contribution in [0.25, 0.3) is 0 Å². The lowest BCUT2D eigenvalue weighted by Gasteiger charge is -2.06. The number of nitrogens with zero attached hydrogens (tertiary/aromatic N) is 1. The maximum atomic E-state index is 13.3. The van der Waals surface area contributed by atoms with E-state index in [1.54, 1.807) is 0 Å². The molecule has 102 valence electrons. The van der Waals surface area contributed by atoms with Gasteiger partial charge in [0.1, 0.15) is 22.3 Å². The number of H-pyrrole nitrogens is 1. The Hall–Kier alpha value is -2.00. The van der Waals surface area contributed by atoms with Gasteiger partial charge in [0.25, 0.3) is 0 Å². The van der Waals surface area contributed by atoms with Gasteiger partial charge in [0.15, 0.2) is 0 Å². The van der Waals surface area contributed by atoms with E-state index < -0.39 is 21.7 Å². The molecule has 9 heteroatoms. The van der Waals surface area contributed by atoms with Crippen LogP contribution in [0.1, 0.15) is 5.56 Å². The summed E-state index contributed by atoms with van der Waals surface area (Å²) in [6.45, 7) is -0.320. The molecule has 0 saturated heterocycles. The first-order valence-electron chi connectivity index (χ1n) is 5.12. The molecule has 2 aromatic rings. The van der Waals surface area contributed by atoms with E-state index in [4.69, 9.17) is 5.73 Å². The summed E-state index contributed by atoms with van der Waals surface area (Å²) in [5.41, 5.74) is 5.40. The molecule has 0 amide bonds. The fourth-order valence-electron chi connectivity index (χ4n) is 1.41. The highest BCUT2D eigenvalue weighted by Gasteiger charge is 2.19. The van der Waals surface area contributed by atoms with Crippen LogP contribution in [0.5, 0.6) is 0 Å². The van der Waals surface area contributed by atoms with Crippen molar-refractivity contribution in [3.8, 4) is 0 Å². The largest absolute Gasteiger partial charge is 0.383 e. The molecule has 4 N–H and O–H groups in total. The van der Waals surface area contributed by atoms with Gasteiger partial charge in [-0.3, -0.25) is 5.10 Å². The predicted octanol–water partition coefficient (Wildman–Crippen LogP) is 0.749. The fourth-order valence-corrected chi connectivity index (χ4v) is 2.44. The van der Waals surface area contributed by atoms with Crippen LogP contribution in [0.4, 0.5) is 14.6 Å². The Labute approximate surface area is 107 Å². The number of sulfonamides is 1. The monoisotopic (exact) mass is 288 g/mol. The van der Waals surface area contributed by atoms with E-state index in [0.717, 1.165) is 18.3 Å². The first-order chi connectivity index (χ1) is 8.90. The molecule has 0 unspecified atom stereocenters. The van der Waals surface area contributed by atoms with Crippen molar-refractivity contribution < 1.29 is 17.2 Å². The minimum atomic E-state index is -3.90. The van der Waals surface area contributed by atoms with E-state index in [-0.39, 0.29) is 22.8 Å². The molecule has 1 heterocycles. The molecule has 0 aliphatic carbocycles. The lowest BCUT2D eigenvalue weighted by atomic mass is 10.2. The smallest absolute Gasteiger partial charge is 0.246 e. The van der Waals surface area contributed by atoms with Gasteiger partial charge in [0.05, 0.1) is 6.20 Å². The standard InChI is InChI=1S/C10H10F2N4O2S/c11-7-2-1-6(8(12)3-7)4-15-19(17,18)9-5-14-16-10(9)13/h1-3,5,15H,4H2,(H3,13,14,16). The Bertz CT molecular complexity index is 699. The molecule has 6 nitrogen and oxygen atoms in total. The summed E-state index contributed by atoms with van der Waals surface area (Å²) < 4.78 is 51.8. The van der Waals surface area contributed by atoms with Gasteiger partial charge in [-0.15, -0.1) is 0 Å². The quantitative estimate of drug-likeness (QED) is 0.772. The van der Waals surface area contributed by atoms with Crippen molar-refractivity contribution in [3.63, 3.8) is 0 Å². The van der Waals surface area contributed by atoms with Crippen molar-refractivity contribution in [2.24, 2.45) is 0 Å². The van der Waals surface area contributed by atoms with E-state index in [9.17, 15) is 17.2 Å². The fraction of sp³-hybridized carbons (Fsp3) is 0.100. The van der Waals surface area contributed by atoms with Gasteiger partial charge in [-0.2, -0.15) is 5.10 Å². The number of hydrogen-bond acceptors (Lipinski definition) is 4. The topological polar surface area (TPSA) is 101 Å². The number of benzene rings is 1. The maximum Gasteiger partial charge on any atom is 0.246 e. The molecule has 0 aliphatic heterocycles. The Balaban J connectivity index is 2.17. The molecule has 1 aromatic carbocycles. The molecule has 0 atom stereocenters. The van der Waals surface area contributed by atoms with E-state index >= 15 is 0 Å². The summed E-state index contributed by atoms with van der Waals surface area (Å²) in [6, 6.07) is 2.88. The summed E-state index contributed by atoms with van der Waals surface area (Å²) in [6.07, 6.45) is 1.04. The SMILES string of the molecule is Nc1[nH]ncc1S(=O)(=O)NCc1ccc(F)cc1F. The zero-order valence-electron chi connectivity index (χ0n) is 9.52. The third kappa shape index (κ3) is 2.88. The van der Waals surface area contributed by atoms with E-state index in [2.05, 4.69) is 14.9 Å². The van der Waals surface area contributed by atoms with Crippen LogP contribution >= 0.6 is 0 Å². The van der Waals surface area contributed by atoms with Crippen LogP contribution < -0.4 is 10.5 Å². The highest BCUT2D eigenvalue weighted by atomic mass is 32.2. The van der Waals surface area contributed by atoms with Crippen molar-refractivity contribution in [1.29, 1.82) is 0 Å². The lowest BCUT2D eigenvalue weighted by Crippen LogP contribution is -2.24. The van der Waals surface area contributed by atoms with Crippen molar-refractivity contribution >= 4 is 15.8 Å². The van der Waals surface area contributed by atoms with E-state index in [0.29, 0.717) is 6.07 Å². The zero-order chi connectivity index (χ0) is 14.0. The lowest BCUT2D eigenvalue weighted by molar-refractivity contribution is 0.562. The van der Waals surface area contributed by atoms with Crippen molar-refractivity contribution in [2.45, 2.75) is 11.4 Å².